The van der Waals surface area contributed by atoms with Gasteiger partial charge in [-0.3, -0.25) is 14.7 Å². The lowest BCUT2D eigenvalue weighted by atomic mass is 9.98. The van der Waals surface area contributed by atoms with Crippen LogP contribution in [0.2, 0.25) is 0 Å². The molecule has 5 nitrogen and oxygen atoms in total. The molecule has 0 N–H and O–H groups in total. The number of hydrogen-bond acceptors (Lipinski definition) is 4. The monoisotopic (exact) mass is 343 g/mol. The first-order chi connectivity index (χ1) is 11.3. The number of carbonyl (C=O) groups excluding carboxylic acids is 1. The third-order valence-electron chi connectivity index (χ3n) is 4.63. The Kier molecular flexibility index (Phi) is 4.67. The summed E-state index contributed by atoms with van der Waals surface area (Å²) in [4.78, 5) is 18.8. The first-order valence-electron chi connectivity index (χ1n) is 8.02. The van der Waals surface area contributed by atoms with Gasteiger partial charge in [0.25, 0.3) is 0 Å². The molecule has 1 amide bonds. The SMILES string of the molecule is CC(=O)N1CCC(N2CC(Oc3ccnc(C(F)(F)F)c3)C2)CC1. The minimum Gasteiger partial charge on any atom is -0.488 e. The van der Waals surface area contributed by atoms with Gasteiger partial charge >= 0.3 is 6.18 Å². The van der Waals surface area contributed by atoms with E-state index >= 15 is 0 Å². The Bertz CT molecular complexity index is 594. The fourth-order valence-corrected chi connectivity index (χ4v) is 3.22. The summed E-state index contributed by atoms with van der Waals surface area (Å²) in [6.45, 7) is 4.52. The van der Waals surface area contributed by atoms with Crippen LogP contribution < -0.4 is 4.74 Å². The van der Waals surface area contributed by atoms with E-state index in [2.05, 4.69) is 9.88 Å². The van der Waals surface area contributed by atoms with Crippen LogP contribution in [-0.2, 0) is 11.0 Å². The number of amides is 1. The minimum atomic E-state index is -4.46. The lowest BCUT2D eigenvalue weighted by molar-refractivity contribution is -0.141. The second kappa shape index (κ2) is 6.58. The number of hydrogen-bond donors (Lipinski definition) is 0. The Balaban J connectivity index is 1.47. The summed E-state index contributed by atoms with van der Waals surface area (Å²) in [7, 11) is 0. The molecule has 2 aliphatic rings. The molecule has 2 fully saturated rings. The van der Waals surface area contributed by atoms with E-state index in [1.54, 1.807) is 6.92 Å². The van der Waals surface area contributed by atoms with Crippen LogP contribution in [0.1, 0.15) is 25.5 Å². The van der Waals surface area contributed by atoms with E-state index in [1.807, 2.05) is 4.90 Å². The molecule has 0 atom stereocenters. The van der Waals surface area contributed by atoms with Gasteiger partial charge in [-0.15, -0.1) is 0 Å². The highest BCUT2D eigenvalue weighted by Crippen LogP contribution is 2.30. The number of rotatable bonds is 3. The number of pyridine rings is 1. The predicted molar refractivity (Wildman–Crippen MR) is 80.5 cm³/mol. The highest BCUT2D eigenvalue weighted by atomic mass is 19.4. The normalized spacial score (nSPS) is 20.8. The Hall–Kier alpha value is -1.83. The molecule has 3 heterocycles. The summed E-state index contributed by atoms with van der Waals surface area (Å²) < 4.78 is 43.5. The lowest BCUT2D eigenvalue weighted by Crippen LogP contribution is -2.59. The van der Waals surface area contributed by atoms with Crippen LogP contribution in [0.3, 0.4) is 0 Å². The summed E-state index contributed by atoms with van der Waals surface area (Å²) in [6.07, 6.45) is -1.58. The van der Waals surface area contributed by atoms with Gasteiger partial charge in [-0.25, -0.2) is 0 Å². The van der Waals surface area contributed by atoms with Crippen molar-refractivity contribution >= 4 is 5.91 Å². The summed E-state index contributed by atoms with van der Waals surface area (Å²) in [5.41, 5.74) is -0.937. The second-order valence-corrected chi connectivity index (χ2v) is 6.31. The van der Waals surface area contributed by atoms with Gasteiger partial charge in [0, 0.05) is 51.4 Å². The number of likely N-dealkylation sites (tertiary alicyclic amines) is 2. The molecule has 24 heavy (non-hydrogen) atoms. The first-order valence-corrected chi connectivity index (χ1v) is 8.02. The van der Waals surface area contributed by atoms with Crippen LogP contribution in [0.5, 0.6) is 5.75 Å². The molecule has 2 aliphatic heterocycles. The molecule has 0 bridgehead atoms. The molecule has 1 aromatic rings. The number of aromatic nitrogens is 1. The minimum absolute atomic E-state index is 0.0979. The zero-order valence-electron chi connectivity index (χ0n) is 13.4. The molecule has 8 heteroatoms. The summed E-state index contributed by atoms with van der Waals surface area (Å²) >= 11 is 0. The maximum Gasteiger partial charge on any atom is 0.433 e. The van der Waals surface area contributed by atoms with Crippen molar-refractivity contribution in [3.63, 3.8) is 0 Å². The van der Waals surface area contributed by atoms with E-state index < -0.39 is 11.9 Å². The Morgan fingerprint density at radius 3 is 2.54 bits per heavy atom. The average Bonchev–Trinajstić information content (AvgIpc) is 2.50. The van der Waals surface area contributed by atoms with E-state index in [0.717, 1.165) is 38.2 Å². The predicted octanol–water partition coefficient (Wildman–Crippen LogP) is 2.17. The molecule has 0 saturated carbocycles. The molecular formula is C16H20F3N3O2. The molecule has 0 aromatic carbocycles. The van der Waals surface area contributed by atoms with E-state index in [0.29, 0.717) is 19.1 Å². The molecule has 0 radical (unpaired) electrons. The van der Waals surface area contributed by atoms with Gasteiger partial charge < -0.3 is 9.64 Å². The topological polar surface area (TPSA) is 45.7 Å². The number of piperidine rings is 1. The fraction of sp³-hybridized carbons (Fsp3) is 0.625. The van der Waals surface area contributed by atoms with Gasteiger partial charge in [0.1, 0.15) is 17.5 Å². The van der Waals surface area contributed by atoms with Crippen molar-refractivity contribution in [1.82, 2.24) is 14.8 Å². The van der Waals surface area contributed by atoms with Gasteiger partial charge in [-0.05, 0) is 18.9 Å². The number of halogens is 3. The Morgan fingerprint density at radius 1 is 1.29 bits per heavy atom. The molecule has 3 rings (SSSR count). The van der Waals surface area contributed by atoms with Crippen LogP contribution in [0.25, 0.3) is 0 Å². The standard InChI is InChI=1S/C16H20F3N3O2/c1-11(23)21-6-3-12(4-7-21)22-9-14(10-22)24-13-2-5-20-15(8-13)16(17,18)19/h2,5,8,12,14H,3-4,6-7,9-10H2,1H3. The van der Waals surface area contributed by atoms with Crippen molar-refractivity contribution < 1.29 is 22.7 Å². The maximum atomic E-state index is 12.6. The summed E-state index contributed by atoms with van der Waals surface area (Å²) in [5, 5.41) is 0. The molecule has 0 aliphatic carbocycles. The highest BCUT2D eigenvalue weighted by Gasteiger charge is 2.36. The van der Waals surface area contributed by atoms with E-state index in [-0.39, 0.29) is 17.8 Å². The van der Waals surface area contributed by atoms with E-state index in [9.17, 15) is 18.0 Å². The van der Waals surface area contributed by atoms with Gasteiger partial charge in [-0.2, -0.15) is 13.2 Å². The molecule has 132 valence electrons. The van der Waals surface area contributed by atoms with E-state index in [4.69, 9.17) is 4.74 Å². The highest BCUT2D eigenvalue weighted by molar-refractivity contribution is 5.73. The Labute approximate surface area is 138 Å². The summed E-state index contributed by atoms with van der Waals surface area (Å²) in [5.74, 6) is 0.310. The number of alkyl halides is 3. The third-order valence-corrected chi connectivity index (χ3v) is 4.63. The van der Waals surface area contributed by atoms with Crippen LogP contribution in [0.4, 0.5) is 13.2 Å². The molecular weight excluding hydrogens is 323 g/mol. The summed E-state index contributed by atoms with van der Waals surface area (Å²) in [6, 6.07) is 2.81. The van der Waals surface area contributed by atoms with Crippen LogP contribution in [0.15, 0.2) is 18.3 Å². The smallest absolute Gasteiger partial charge is 0.433 e. The van der Waals surface area contributed by atoms with Crippen molar-refractivity contribution in [3.05, 3.63) is 24.0 Å². The van der Waals surface area contributed by atoms with Gasteiger partial charge in [-0.1, -0.05) is 0 Å². The lowest BCUT2D eigenvalue weighted by Gasteiger charge is -2.46. The average molecular weight is 343 g/mol. The van der Waals surface area contributed by atoms with Gasteiger partial charge in [0.15, 0.2) is 0 Å². The van der Waals surface area contributed by atoms with Crippen molar-refractivity contribution in [2.45, 2.75) is 38.1 Å². The molecule has 0 unspecified atom stereocenters. The van der Waals surface area contributed by atoms with Crippen molar-refractivity contribution in [3.8, 4) is 5.75 Å². The maximum absolute atomic E-state index is 12.6. The van der Waals surface area contributed by atoms with Gasteiger partial charge in [0.05, 0.1) is 0 Å². The fourth-order valence-electron chi connectivity index (χ4n) is 3.22. The zero-order valence-corrected chi connectivity index (χ0v) is 13.4. The number of ether oxygens (including phenoxy) is 1. The van der Waals surface area contributed by atoms with Crippen LogP contribution in [-0.4, -0.2) is 59.0 Å². The molecule has 2 saturated heterocycles. The van der Waals surface area contributed by atoms with Gasteiger partial charge in [0.2, 0.25) is 5.91 Å². The number of nitrogens with zero attached hydrogens (tertiary/aromatic N) is 3. The Morgan fingerprint density at radius 2 is 1.96 bits per heavy atom. The second-order valence-electron chi connectivity index (χ2n) is 6.31. The van der Waals surface area contributed by atoms with Crippen molar-refractivity contribution in [2.75, 3.05) is 26.2 Å². The van der Waals surface area contributed by atoms with Crippen LogP contribution >= 0.6 is 0 Å². The largest absolute Gasteiger partial charge is 0.488 e. The van der Waals surface area contributed by atoms with E-state index in [1.165, 1.54) is 6.07 Å². The quantitative estimate of drug-likeness (QED) is 0.844. The zero-order chi connectivity index (χ0) is 17.3. The molecule has 1 aromatic heterocycles. The van der Waals surface area contributed by atoms with Crippen LogP contribution in [0, 0.1) is 0 Å². The van der Waals surface area contributed by atoms with Crippen molar-refractivity contribution in [2.24, 2.45) is 0 Å². The number of carbonyl (C=O) groups is 1. The van der Waals surface area contributed by atoms with Crippen molar-refractivity contribution in [1.29, 1.82) is 0 Å². The first kappa shape index (κ1) is 17.0. The molecule has 0 spiro atoms. The third kappa shape index (κ3) is 3.80.